The van der Waals surface area contributed by atoms with Crippen molar-refractivity contribution in [2.75, 3.05) is 19.0 Å². The number of amides is 1. The fraction of sp³-hybridized carbons (Fsp3) is 0.111. The number of ether oxygens (including phenoxy) is 2. The summed E-state index contributed by atoms with van der Waals surface area (Å²) >= 11 is 0. The molecule has 0 radical (unpaired) electrons. The molecular formula is C18H15FN2O7. The van der Waals surface area contributed by atoms with Crippen LogP contribution >= 0.6 is 0 Å². The Morgan fingerprint density at radius 2 is 2.04 bits per heavy atom. The van der Waals surface area contributed by atoms with Crippen LogP contribution in [-0.2, 0) is 14.3 Å². The lowest BCUT2D eigenvalue weighted by atomic mass is 10.2. The van der Waals surface area contributed by atoms with Crippen LogP contribution in [-0.4, -0.2) is 35.6 Å². The standard InChI is InChI=1S/C18H15FN2O7/c1-27-16-8-11(2-6-15(16)22)3-7-18(24)28-10-17(23)20-14-9-12(21(25)26)4-5-13(14)19/h2-9,22H,10H2,1H3,(H,20,23)/b7-3+. The highest BCUT2D eigenvalue weighted by molar-refractivity contribution is 5.95. The van der Waals surface area contributed by atoms with Gasteiger partial charge >= 0.3 is 5.97 Å². The van der Waals surface area contributed by atoms with Gasteiger partial charge in [-0.15, -0.1) is 0 Å². The Morgan fingerprint density at radius 3 is 2.71 bits per heavy atom. The SMILES string of the molecule is COc1cc(/C=C/C(=O)OCC(=O)Nc2cc([N+](=O)[O-])ccc2F)ccc1O. The van der Waals surface area contributed by atoms with Crippen molar-refractivity contribution >= 4 is 29.3 Å². The van der Waals surface area contributed by atoms with Gasteiger partial charge in [-0.2, -0.15) is 0 Å². The lowest BCUT2D eigenvalue weighted by molar-refractivity contribution is -0.384. The Kier molecular flexibility index (Phi) is 6.63. The predicted molar refractivity (Wildman–Crippen MR) is 96.3 cm³/mol. The minimum absolute atomic E-state index is 0.0627. The number of methoxy groups -OCH3 is 1. The van der Waals surface area contributed by atoms with Gasteiger partial charge in [0.05, 0.1) is 17.7 Å². The molecule has 0 saturated carbocycles. The second-order valence-electron chi connectivity index (χ2n) is 5.34. The number of halogens is 1. The molecule has 0 saturated heterocycles. The molecule has 0 unspecified atom stereocenters. The minimum Gasteiger partial charge on any atom is -0.504 e. The quantitative estimate of drug-likeness (QED) is 0.322. The minimum atomic E-state index is -0.869. The van der Waals surface area contributed by atoms with Gasteiger partial charge in [-0.3, -0.25) is 14.9 Å². The van der Waals surface area contributed by atoms with Gasteiger partial charge in [0.25, 0.3) is 11.6 Å². The first kappa shape index (κ1) is 20.4. The number of benzene rings is 2. The van der Waals surface area contributed by atoms with Crippen LogP contribution in [0.3, 0.4) is 0 Å². The summed E-state index contributed by atoms with van der Waals surface area (Å²) in [4.78, 5) is 33.4. The molecule has 10 heteroatoms. The summed E-state index contributed by atoms with van der Waals surface area (Å²) in [7, 11) is 1.37. The molecule has 0 aliphatic heterocycles. The molecule has 0 aliphatic rings. The van der Waals surface area contributed by atoms with Crippen LogP contribution in [0.25, 0.3) is 6.08 Å². The van der Waals surface area contributed by atoms with Crippen LogP contribution in [0.15, 0.2) is 42.5 Å². The van der Waals surface area contributed by atoms with Crippen molar-refractivity contribution < 1.29 is 33.5 Å². The van der Waals surface area contributed by atoms with Crippen molar-refractivity contribution in [1.29, 1.82) is 0 Å². The number of aromatic hydroxyl groups is 1. The van der Waals surface area contributed by atoms with Crippen LogP contribution in [0.4, 0.5) is 15.8 Å². The normalized spacial score (nSPS) is 10.5. The van der Waals surface area contributed by atoms with Crippen LogP contribution < -0.4 is 10.1 Å². The highest BCUT2D eigenvalue weighted by Crippen LogP contribution is 2.26. The molecule has 2 aromatic carbocycles. The van der Waals surface area contributed by atoms with Crippen molar-refractivity contribution in [3.8, 4) is 11.5 Å². The highest BCUT2D eigenvalue weighted by Gasteiger charge is 2.14. The van der Waals surface area contributed by atoms with E-state index in [1.807, 2.05) is 0 Å². The van der Waals surface area contributed by atoms with E-state index in [0.29, 0.717) is 5.56 Å². The van der Waals surface area contributed by atoms with E-state index in [2.05, 4.69) is 5.32 Å². The van der Waals surface area contributed by atoms with Gasteiger partial charge in [-0.25, -0.2) is 9.18 Å². The number of esters is 1. The van der Waals surface area contributed by atoms with Crippen molar-refractivity contribution in [3.05, 3.63) is 64.0 Å². The fourth-order valence-electron chi connectivity index (χ4n) is 2.06. The Bertz CT molecular complexity index is 944. The van der Waals surface area contributed by atoms with Crippen LogP contribution in [0.2, 0.25) is 0 Å². The summed E-state index contributed by atoms with van der Waals surface area (Å²) in [5.74, 6) is -2.43. The van der Waals surface area contributed by atoms with Gasteiger partial charge in [-0.1, -0.05) is 6.07 Å². The molecule has 146 valence electrons. The highest BCUT2D eigenvalue weighted by atomic mass is 19.1. The van der Waals surface area contributed by atoms with E-state index in [4.69, 9.17) is 9.47 Å². The number of rotatable bonds is 7. The zero-order valence-corrected chi connectivity index (χ0v) is 14.5. The molecule has 9 nitrogen and oxygen atoms in total. The first-order chi connectivity index (χ1) is 13.3. The molecule has 0 atom stereocenters. The van der Waals surface area contributed by atoms with E-state index in [9.17, 15) is 29.2 Å². The van der Waals surface area contributed by atoms with E-state index >= 15 is 0 Å². The molecule has 2 N–H and O–H groups in total. The number of hydrogen-bond donors (Lipinski definition) is 2. The molecule has 2 aromatic rings. The number of anilines is 1. The summed E-state index contributed by atoms with van der Waals surface area (Å²) in [5, 5.41) is 22.3. The number of carbonyl (C=O) groups is 2. The second-order valence-corrected chi connectivity index (χ2v) is 5.34. The third-order valence-electron chi connectivity index (χ3n) is 3.40. The lowest BCUT2D eigenvalue weighted by Crippen LogP contribution is -2.20. The molecular weight excluding hydrogens is 375 g/mol. The smallest absolute Gasteiger partial charge is 0.331 e. The largest absolute Gasteiger partial charge is 0.504 e. The third kappa shape index (κ3) is 5.53. The molecule has 0 heterocycles. The predicted octanol–water partition coefficient (Wildman–Crippen LogP) is 2.64. The molecule has 0 fully saturated rings. The van der Waals surface area contributed by atoms with Crippen molar-refractivity contribution in [2.45, 2.75) is 0 Å². The Labute approximate surface area is 158 Å². The third-order valence-corrected chi connectivity index (χ3v) is 3.40. The zero-order chi connectivity index (χ0) is 20.7. The van der Waals surface area contributed by atoms with Crippen LogP contribution in [0.1, 0.15) is 5.56 Å². The molecule has 1 amide bonds. The lowest BCUT2D eigenvalue weighted by Gasteiger charge is -2.06. The van der Waals surface area contributed by atoms with Crippen molar-refractivity contribution in [3.63, 3.8) is 0 Å². The van der Waals surface area contributed by atoms with E-state index in [1.165, 1.54) is 31.4 Å². The van der Waals surface area contributed by atoms with Gasteiger partial charge in [0.15, 0.2) is 18.1 Å². The number of nitrogens with zero attached hydrogens (tertiary/aromatic N) is 1. The maximum atomic E-state index is 13.6. The maximum Gasteiger partial charge on any atom is 0.331 e. The fourth-order valence-corrected chi connectivity index (χ4v) is 2.06. The van der Waals surface area contributed by atoms with Gasteiger partial charge in [0.2, 0.25) is 0 Å². The maximum absolute atomic E-state index is 13.6. The van der Waals surface area contributed by atoms with E-state index < -0.39 is 40.6 Å². The number of phenols is 1. The Balaban J connectivity index is 1.91. The summed E-state index contributed by atoms with van der Waals surface area (Å²) < 4.78 is 23.3. The molecule has 0 aliphatic carbocycles. The molecule has 0 aromatic heterocycles. The average Bonchev–Trinajstić information content (AvgIpc) is 2.67. The van der Waals surface area contributed by atoms with E-state index in [0.717, 1.165) is 24.3 Å². The zero-order valence-electron chi connectivity index (χ0n) is 14.5. The summed E-state index contributed by atoms with van der Waals surface area (Å²) in [6.45, 7) is -0.718. The van der Waals surface area contributed by atoms with Gasteiger partial charge in [0, 0.05) is 18.2 Å². The van der Waals surface area contributed by atoms with Crippen LogP contribution in [0.5, 0.6) is 11.5 Å². The van der Waals surface area contributed by atoms with E-state index in [-0.39, 0.29) is 11.5 Å². The number of phenolic OH excluding ortho intramolecular Hbond substituents is 1. The van der Waals surface area contributed by atoms with Gasteiger partial charge in [0.1, 0.15) is 5.82 Å². The Hall–Kier alpha value is -3.95. The number of nitro benzene ring substituents is 1. The van der Waals surface area contributed by atoms with Crippen LogP contribution in [0, 0.1) is 15.9 Å². The summed E-state index contributed by atoms with van der Waals surface area (Å²) in [6, 6.07) is 7.04. The summed E-state index contributed by atoms with van der Waals surface area (Å²) in [6.07, 6.45) is 2.43. The number of nitro groups is 1. The molecule has 0 bridgehead atoms. The first-order valence-corrected chi connectivity index (χ1v) is 7.76. The van der Waals surface area contributed by atoms with Crippen molar-refractivity contribution in [2.24, 2.45) is 0 Å². The molecule has 28 heavy (non-hydrogen) atoms. The Morgan fingerprint density at radius 1 is 1.29 bits per heavy atom. The summed E-state index contributed by atoms with van der Waals surface area (Å²) in [5.41, 5.74) is -0.266. The topological polar surface area (TPSA) is 128 Å². The average molecular weight is 390 g/mol. The molecule has 0 spiro atoms. The number of non-ortho nitro benzene ring substituents is 1. The molecule has 2 rings (SSSR count). The van der Waals surface area contributed by atoms with Crippen molar-refractivity contribution in [1.82, 2.24) is 0 Å². The number of hydrogen-bond acceptors (Lipinski definition) is 7. The monoisotopic (exact) mass is 390 g/mol. The first-order valence-electron chi connectivity index (χ1n) is 7.76. The second kappa shape index (κ2) is 9.12. The van der Waals surface area contributed by atoms with Gasteiger partial charge in [-0.05, 0) is 29.8 Å². The number of carbonyl (C=O) groups excluding carboxylic acids is 2. The van der Waals surface area contributed by atoms with Gasteiger partial charge < -0.3 is 19.9 Å². The van der Waals surface area contributed by atoms with E-state index in [1.54, 1.807) is 0 Å². The number of nitrogens with one attached hydrogen (secondary N) is 1.